The largest absolute Gasteiger partial charge is 0.508 e. The first kappa shape index (κ1) is 18.5. The number of hydrogen-bond acceptors (Lipinski definition) is 6. The van der Waals surface area contributed by atoms with Gasteiger partial charge in [0.2, 0.25) is 0 Å². The first-order valence-electron chi connectivity index (χ1n) is 9.24. The van der Waals surface area contributed by atoms with E-state index in [0.29, 0.717) is 28.1 Å². The maximum Gasteiger partial charge on any atom is 0.340 e. The zero-order chi connectivity index (χ0) is 20.4. The molecule has 0 spiro atoms. The van der Waals surface area contributed by atoms with Crippen LogP contribution in [0.1, 0.15) is 22.8 Å². The minimum absolute atomic E-state index is 0.186. The highest BCUT2D eigenvalue weighted by Gasteiger charge is 2.23. The number of hydrogen-bond donors (Lipinski definition) is 2. The molecule has 0 bridgehead atoms. The second kappa shape index (κ2) is 7.63. The van der Waals surface area contributed by atoms with E-state index < -0.39 is 5.97 Å². The van der Waals surface area contributed by atoms with E-state index in [1.165, 1.54) is 6.33 Å². The fourth-order valence-electron chi connectivity index (χ4n) is 3.19. The molecule has 0 saturated heterocycles. The summed E-state index contributed by atoms with van der Waals surface area (Å²) < 4.78 is 6.86. The number of benzene rings is 2. The van der Waals surface area contributed by atoms with E-state index in [-0.39, 0.29) is 12.4 Å². The number of nitrogens with zero attached hydrogens (tertiary/aromatic N) is 3. The van der Waals surface area contributed by atoms with Crippen molar-refractivity contribution in [3.63, 3.8) is 0 Å². The molecule has 2 heterocycles. The Kier molecular flexibility index (Phi) is 4.87. The van der Waals surface area contributed by atoms with Gasteiger partial charge in [0.25, 0.3) is 0 Å². The fourth-order valence-corrected chi connectivity index (χ4v) is 3.19. The van der Waals surface area contributed by atoms with Crippen molar-refractivity contribution in [1.29, 1.82) is 0 Å². The molecule has 0 unspecified atom stereocenters. The highest BCUT2D eigenvalue weighted by atomic mass is 16.5. The van der Waals surface area contributed by atoms with E-state index in [9.17, 15) is 9.90 Å². The predicted molar refractivity (Wildman–Crippen MR) is 111 cm³/mol. The van der Waals surface area contributed by atoms with Crippen LogP contribution in [-0.2, 0) is 4.74 Å². The number of aryl methyl sites for hydroxylation is 1. The summed E-state index contributed by atoms with van der Waals surface area (Å²) in [6.07, 6.45) is 3.06. The molecule has 7 heteroatoms. The molecule has 146 valence electrons. The lowest BCUT2D eigenvalue weighted by Gasteiger charge is -2.11. The maximum absolute atomic E-state index is 12.6. The third-order valence-electron chi connectivity index (χ3n) is 4.60. The van der Waals surface area contributed by atoms with Gasteiger partial charge in [0.1, 0.15) is 17.6 Å². The predicted octanol–water partition coefficient (Wildman–Crippen LogP) is 4.33. The first-order valence-corrected chi connectivity index (χ1v) is 9.24. The lowest BCUT2D eigenvalue weighted by Crippen LogP contribution is -2.04. The second-order valence-corrected chi connectivity index (χ2v) is 6.53. The molecule has 0 amide bonds. The zero-order valence-corrected chi connectivity index (χ0v) is 16.1. The van der Waals surface area contributed by atoms with Crippen molar-refractivity contribution in [1.82, 2.24) is 14.6 Å². The topological polar surface area (TPSA) is 88.8 Å². The van der Waals surface area contributed by atoms with Gasteiger partial charge in [-0.25, -0.2) is 14.3 Å². The summed E-state index contributed by atoms with van der Waals surface area (Å²) in [5, 5.41) is 17.5. The quantitative estimate of drug-likeness (QED) is 0.495. The number of phenols is 1. The van der Waals surface area contributed by atoms with Crippen LogP contribution < -0.4 is 5.32 Å². The van der Waals surface area contributed by atoms with Crippen molar-refractivity contribution in [2.45, 2.75) is 13.8 Å². The number of phenolic OH excluding ortho intramolecular Hbond substituents is 1. The number of anilines is 2. The number of fused-ring (bicyclic) bond motifs is 1. The average molecular weight is 388 g/mol. The Morgan fingerprint density at radius 2 is 2.00 bits per heavy atom. The number of aromatic nitrogens is 3. The molecule has 0 aliphatic rings. The molecule has 0 aliphatic heterocycles. The maximum atomic E-state index is 12.6. The van der Waals surface area contributed by atoms with Crippen molar-refractivity contribution in [3.05, 3.63) is 72.2 Å². The smallest absolute Gasteiger partial charge is 0.340 e. The van der Waals surface area contributed by atoms with Crippen LogP contribution in [0.15, 0.2) is 61.1 Å². The standard InChI is InChI=1S/C22H20N4O3/c1-3-29-22(28)17-12-26-20(19(17)15-7-5-4-6-8-15)21(23-13-24-26)25-16-10-9-14(2)18(27)11-16/h4-13,27H,3H2,1-2H3,(H,23,24,25). The number of aromatic hydroxyl groups is 1. The van der Waals surface area contributed by atoms with Gasteiger partial charge in [-0.05, 0) is 31.0 Å². The lowest BCUT2D eigenvalue weighted by atomic mass is 10.0. The van der Waals surface area contributed by atoms with Crippen LogP contribution in [0.5, 0.6) is 5.75 Å². The first-order chi connectivity index (χ1) is 14.1. The van der Waals surface area contributed by atoms with E-state index in [4.69, 9.17) is 4.74 Å². The summed E-state index contributed by atoms with van der Waals surface area (Å²) in [4.78, 5) is 17.0. The summed E-state index contributed by atoms with van der Waals surface area (Å²) >= 11 is 0. The monoisotopic (exact) mass is 388 g/mol. The minimum atomic E-state index is -0.421. The van der Waals surface area contributed by atoms with Gasteiger partial charge in [0.05, 0.1) is 12.2 Å². The Bertz CT molecular complexity index is 1190. The van der Waals surface area contributed by atoms with E-state index >= 15 is 0 Å². The SMILES string of the molecule is CCOC(=O)c1cn2ncnc(Nc3ccc(C)c(O)c3)c2c1-c1ccccc1. The molecule has 0 fully saturated rings. The highest BCUT2D eigenvalue weighted by molar-refractivity contribution is 6.05. The Morgan fingerprint density at radius 1 is 1.21 bits per heavy atom. The number of esters is 1. The van der Waals surface area contributed by atoms with Gasteiger partial charge < -0.3 is 15.2 Å². The van der Waals surface area contributed by atoms with Crippen molar-refractivity contribution in [2.75, 3.05) is 11.9 Å². The molecule has 0 radical (unpaired) electrons. The number of rotatable bonds is 5. The third kappa shape index (κ3) is 3.50. The third-order valence-corrected chi connectivity index (χ3v) is 4.60. The molecular weight excluding hydrogens is 368 g/mol. The van der Waals surface area contributed by atoms with Crippen LogP contribution >= 0.6 is 0 Å². The molecule has 7 nitrogen and oxygen atoms in total. The number of nitrogens with one attached hydrogen (secondary N) is 1. The summed E-state index contributed by atoms with van der Waals surface area (Å²) in [5.74, 6) is 0.277. The normalized spacial score (nSPS) is 10.8. The van der Waals surface area contributed by atoms with Crippen LogP contribution in [0.25, 0.3) is 16.6 Å². The Balaban J connectivity index is 1.92. The van der Waals surface area contributed by atoms with Crippen LogP contribution in [0.4, 0.5) is 11.5 Å². The number of carbonyl (C=O) groups is 1. The van der Waals surface area contributed by atoms with Crippen LogP contribution in [0, 0.1) is 6.92 Å². The van der Waals surface area contributed by atoms with Crippen LogP contribution in [0.3, 0.4) is 0 Å². The van der Waals surface area contributed by atoms with Crippen LogP contribution in [0.2, 0.25) is 0 Å². The second-order valence-electron chi connectivity index (χ2n) is 6.53. The molecule has 29 heavy (non-hydrogen) atoms. The summed E-state index contributed by atoms with van der Waals surface area (Å²) in [7, 11) is 0. The van der Waals surface area contributed by atoms with Gasteiger partial charge in [-0.1, -0.05) is 36.4 Å². The van der Waals surface area contributed by atoms with Gasteiger partial charge in [-0.2, -0.15) is 5.10 Å². The van der Waals surface area contributed by atoms with Gasteiger partial charge in [-0.15, -0.1) is 0 Å². The van der Waals surface area contributed by atoms with Crippen molar-refractivity contribution >= 4 is 23.0 Å². The molecule has 4 rings (SSSR count). The summed E-state index contributed by atoms with van der Waals surface area (Å²) in [6, 6.07) is 14.9. The summed E-state index contributed by atoms with van der Waals surface area (Å²) in [6.45, 7) is 3.87. The van der Waals surface area contributed by atoms with E-state index in [1.54, 1.807) is 23.7 Å². The molecular formula is C22H20N4O3. The molecule has 2 aromatic heterocycles. The van der Waals surface area contributed by atoms with Gasteiger partial charge in [0, 0.05) is 23.5 Å². The zero-order valence-electron chi connectivity index (χ0n) is 16.1. The average Bonchev–Trinajstić information content (AvgIpc) is 3.12. The minimum Gasteiger partial charge on any atom is -0.508 e. The van der Waals surface area contributed by atoms with Gasteiger partial charge >= 0.3 is 5.97 Å². The van der Waals surface area contributed by atoms with E-state index in [0.717, 1.165) is 11.1 Å². The fraction of sp³-hybridized carbons (Fsp3) is 0.136. The Labute approximate surface area is 167 Å². The van der Waals surface area contributed by atoms with E-state index in [2.05, 4.69) is 15.4 Å². The summed E-state index contributed by atoms with van der Waals surface area (Å²) in [5.41, 5.74) is 4.04. The Morgan fingerprint density at radius 3 is 2.72 bits per heavy atom. The molecule has 0 atom stereocenters. The van der Waals surface area contributed by atoms with Crippen molar-refractivity contribution in [2.24, 2.45) is 0 Å². The van der Waals surface area contributed by atoms with Crippen LogP contribution in [-0.4, -0.2) is 32.3 Å². The van der Waals surface area contributed by atoms with E-state index in [1.807, 2.05) is 49.4 Å². The molecule has 0 aliphatic carbocycles. The number of carbonyl (C=O) groups excluding carboxylic acids is 1. The lowest BCUT2D eigenvalue weighted by molar-refractivity contribution is 0.0527. The van der Waals surface area contributed by atoms with Gasteiger partial charge in [-0.3, -0.25) is 0 Å². The van der Waals surface area contributed by atoms with Crippen molar-refractivity contribution in [3.8, 4) is 16.9 Å². The molecule has 0 saturated carbocycles. The number of ether oxygens (including phenoxy) is 1. The molecule has 2 N–H and O–H groups in total. The molecule has 4 aromatic rings. The van der Waals surface area contributed by atoms with Crippen molar-refractivity contribution < 1.29 is 14.6 Å². The highest BCUT2D eigenvalue weighted by Crippen LogP contribution is 2.35. The van der Waals surface area contributed by atoms with Gasteiger partial charge in [0.15, 0.2) is 5.82 Å². The Hall–Kier alpha value is -3.87. The molecule has 2 aromatic carbocycles.